The van der Waals surface area contributed by atoms with Crippen molar-refractivity contribution >= 4 is 21.8 Å². The van der Waals surface area contributed by atoms with Crippen molar-refractivity contribution in [1.82, 2.24) is 20.7 Å². The summed E-state index contributed by atoms with van der Waals surface area (Å²) in [6.45, 7) is 1.96. The number of aromatic nitrogens is 3. The van der Waals surface area contributed by atoms with Crippen molar-refractivity contribution in [2.75, 3.05) is 0 Å². The van der Waals surface area contributed by atoms with Gasteiger partial charge in [0.05, 0.1) is 6.20 Å². The number of carbonyl (C=O) groups is 1. The van der Waals surface area contributed by atoms with Gasteiger partial charge < -0.3 is 5.32 Å². The lowest BCUT2D eigenvalue weighted by atomic mass is 10.1. The molecule has 1 atom stereocenters. The number of hydrogen-bond acceptors (Lipinski definition) is 3. The molecule has 0 spiro atoms. The summed E-state index contributed by atoms with van der Waals surface area (Å²) >= 11 is 3.39. The Morgan fingerprint density at radius 1 is 1.44 bits per heavy atom. The van der Waals surface area contributed by atoms with Gasteiger partial charge in [-0.15, -0.1) is 0 Å². The van der Waals surface area contributed by atoms with Gasteiger partial charge in [0.1, 0.15) is 0 Å². The van der Waals surface area contributed by atoms with Crippen LogP contribution in [0.15, 0.2) is 34.9 Å². The number of H-pyrrole nitrogens is 1. The van der Waals surface area contributed by atoms with Crippen molar-refractivity contribution < 1.29 is 4.79 Å². The Labute approximate surface area is 113 Å². The van der Waals surface area contributed by atoms with Crippen LogP contribution in [0.1, 0.15) is 23.0 Å². The van der Waals surface area contributed by atoms with Crippen molar-refractivity contribution in [1.29, 1.82) is 0 Å². The number of benzene rings is 1. The summed E-state index contributed by atoms with van der Waals surface area (Å²) in [7, 11) is 0. The zero-order chi connectivity index (χ0) is 13.0. The van der Waals surface area contributed by atoms with Crippen molar-refractivity contribution in [3.63, 3.8) is 0 Å². The zero-order valence-electron chi connectivity index (χ0n) is 9.85. The first kappa shape index (κ1) is 12.8. The molecule has 0 aliphatic carbocycles. The number of carbonyl (C=O) groups excluding carboxylic acids is 1. The maximum atomic E-state index is 11.7. The molecule has 0 radical (unpaired) electrons. The Balaban J connectivity index is 1.90. The van der Waals surface area contributed by atoms with Crippen LogP contribution in [-0.4, -0.2) is 27.4 Å². The van der Waals surface area contributed by atoms with Gasteiger partial charge >= 0.3 is 0 Å². The molecule has 94 valence electrons. The Morgan fingerprint density at radius 3 is 2.78 bits per heavy atom. The Bertz CT molecular complexity index is 509. The van der Waals surface area contributed by atoms with E-state index in [9.17, 15) is 4.79 Å². The predicted octanol–water partition coefficient (Wildman–Crippen LogP) is 1.93. The van der Waals surface area contributed by atoms with Crippen molar-refractivity contribution in [3.05, 3.63) is 46.2 Å². The molecule has 0 aliphatic rings. The molecule has 18 heavy (non-hydrogen) atoms. The van der Waals surface area contributed by atoms with Crippen molar-refractivity contribution in [3.8, 4) is 0 Å². The van der Waals surface area contributed by atoms with Crippen LogP contribution in [0.4, 0.5) is 0 Å². The fourth-order valence-electron chi connectivity index (χ4n) is 1.63. The van der Waals surface area contributed by atoms with E-state index in [4.69, 9.17) is 0 Å². The number of hydrogen-bond donors (Lipinski definition) is 2. The first-order chi connectivity index (χ1) is 8.65. The molecular weight excluding hydrogens is 296 g/mol. The van der Waals surface area contributed by atoms with E-state index < -0.39 is 0 Å². The van der Waals surface area contributed by atoms with E-state index in [1.54, 1.807) is 0 Å². The average Bonchev–Trinajstić information content (AvgIpc) is 2.85. The third-order valence-corrected chi connectivity index (χ3v) is 3.01. The summed E-state index contributed by atoms with van der Waals surface area (Å²) < 4.78 is 1.05. The highest BCUT2D eigenvalue weighted by Gasteiger charge is 2.12. The standard InChI is InChI=1S/C12H13BrN4O/c1-8(6-9-2-4-10(13)5-3-9)15-12(18)11-7-14-17-16-11/h2-5,7-8H,6H2,1H3,(H,15,18)(H,14,16,17)/t8-/m1/s1. The molecule has 0 aliphatic heterocycles. The van der Waals surface area contributed by atoms with Crippen LogP contribution in [0, 0.1) is 0 Å². The van der Waals surface area contributed by atoms with Crippen molar-refractivity contribution in [2.45, 2.75) is 19.4 Å². The van der Waals surface area contributed by atoms with E-state index in [0.29, 0.717) is 5.69 Å². The second-order valence-electron chi connectivity index (χ2n) is 4.06. The Hall–Kier alpha value is -1.69. The number of amides is 1. The predicted molar refractivity (Wildman–Crippen MR) is 71.2 cm³/mol. The number of nitrogens with zero attached hydrogens (tertiary/aromatic N) is 2. The summed E-state index contributed by atoms with van der Waals surface area (Å²) in [5.74, 6) is -0.214. The van der Waals surface area contributed by atoms with Crippen LogP contribution in [0.2, 0.25) is 0 Å². The lowest BCUT2D eigenvalue weighted by Gasteiger charge is -2.12. The summed E-state index contributed by atoms with van der Waals surface area (Å²) in [6.07, 6.45) is 2.18. The minimum Gasteiger partial charge on any atom is -0.348 e. The van der Waals surface area contributed by atoms with Gasteiger partial charge in [-0.1, -0.05) is 28.1 Å². The lowest BCUT2D eigenvalue weighted by Crippen LogP contribution is -2.34. The third kappa shape index (κ3) is 3.40. The number of aromatic amines is 1. The highest BCUT2D eigenvalue weighted by Crippen LogP contribution is 2.11. The van der Waals surface area contributed by atoms with E-state index in [0.717, 1.165) is 10.9 Å². The topological polar surface area (TPSA) is 70.7 Å². The van der Waals surface area contributed by atoms with E-state index in [1.165, 1.54) is 11.8 Å². The Kier molecular flexibility index (Phi) is 4.09. The summed E-state index contributed by atoms with van der Waals surface area (Å²) in [4.78, 5) is 11.7. The minimum atomic E-state index is -0.214. The van der Waals surface area contributed by atoms with Crippen LogP contribution in [0.25, 0.3) is 0 Å². The van der Waals surface area contributed by atoms with E-state index in [-0.39, 0.29) is 11.9 Å². The van der Waals surface area contributed by atoms with Crippen LogP contribution >= 0.6 is 15.9 Å². The summed E-state index contributed by atoms with van der Waals surface area (Å²) in [5, 5.41) is 12.6. The second-order valence-corrected chi connectivity index (χ2v) is 4.98. The third-order valence-electron chi connectivity index (χ3n) is 2.48. The lowest BCUT2D eigenvalue weighted by molar-refractivity contribution is 0.0935. The van der Waals surface area contributed by atoms with Gasteiger partial charge in [0.15, 0.2) is 5.69 Å². The molecule has 6 heteroatoms. The molecular formula is C12H13BrN4O. The SMILES string of the molecule is C[C@H](Cc1ccc(Br)cc1)NC(=O)c1cn[nH]n1. The molecule has 5 nitrogen and oxygen atoms in total. The maximum absolute atomic E-state index is 11.7. The van der Waals surface area contributed by atoms with Gasteiger partial charge in [0, 0.05) is 10.5 Å². The quantitative estimate of drug-likeness (QED) is 0.906. The molecule has 0 unspecified atom stereocenters. The molecule has 1 heterocycles. The van der Waals surface area contributed by atoms with E-state index >= 15 is 0 Å². The molecule has 1 aromatic carbocycles. The first-order valence-electron chi connectivity index (χ1n) is 5.56. The van der Waals surface area contributed by atoms with Crippen LogP contribution in [0.3, 0.4) is 0 Å². The normalized spacial score (nSPS) is 12.1. The van der Waals surface area contributed by atoms with Gasteiger partial charge in [-0.3, -0.25) is 4.79 Å². The number of halogens is 1. The van der Waals surface area contributed by atoms with Gasteiger partial charge in [-0.25, -0.2) is 0 Å². The highest BCUT2D eigenvalue weighted by molar-refractivity contribution is 9.10. The molecule has 0 saturated heterocycles. The van der Waals surface area contributed by atoms with Gasteiger partial charge in [-0.2, -0.15) is 15.4 Å². The molecule has 0 saturated carbocycles. The molecule has 0 fully saturated rings. The maximum Gasteiger partial charge on any atom is 0.273 e. The highest BCUT2D eigenvalue weighted by atomic mass is 79.9. The Morgan fingerprint density at radius 2 is 2.17 bits per heavy atom. The molecule has 2 N–H and O–H groups in total. The molecule has 0 bridgehead atoms. The van der Waals surface area contributed by atoms with Gasteiger partial charge in [0.2, 0.25) is 0 Å². The van der Waals surface area contributed by atoms with Crippen molar-refractivity contribution in [2.24, 2.45) is 0 Å². The molecule has 1 amide bonds. The van der Waals surface area contributed by atoms with Gasteiger partial charge in [0.25, 0.3) is 5.91 Å². The number of nitrogens with one attached hydrogen (secondary N) is 2. The fraction of sp³-hybridized carbons (Fsp3) is 0.250. The molecule has 1 aromatic heterocycles. The number of rotatable bonds is 4. The van der Waals surface area contributed by atoms with Crippen LogP contribution in [0.5, 0.6) is 0 Å². The smallest absolute Gasteiger partial charge is 0.273 e. The average molecular weight is 309 g/mol. The fourth-order valence-corrected chi connectivity index (χ4v) is 1.90. The minimum absolute atomic E-state index is 0.0374. The van der Waals surface area contributed by atoms with Crippen LogP contribution < -0.4 is 5.32 Å². The monoisotopic (exact) mass is 308 g/mol. The zero-order valence-corrected chi connectivity index (χ0v) is 11.4. The second kappa shape index (κ2) is 5.77. The van der Waals surface area contributed by atoms with Gasteiger partial charge in [-0.05, 0) is 31.0 Å². The molecule has 2 aromatic rings. The van der Waals surface area contributed by atoms with E-state index in [2.05, 4.69) is 36.7 Å². The molecule has 2 rings (SSSR count). The van der Waals surface area contributed by atoms with E-state index in [1.807, 2.05) is 31.2 Å². The first-order valence-corrected chi connectivity index (χ1v) is 6.35. The summed E-state index contributed by atoms with van der Waals surface area (Å²) in [5.41, 5.74) is 1.48. The summed E-state index contributed by atoms with van der Waals surface area (Å²) in [6, 6.07) is 8.07. The van der Waals surface area contributed by atoms with Crippen LogP contribution in [-0.2, 0) is 6.42 Å². The largest absolute Gasteiger partial charge is 0.348 e.